The Kier molecular flexibility index (Phi) is 4.87. The van der Waals surface area contributed by atoms with Crippen LogP contribution >= 0.6 is 0 Å². The number of aryl methyl sites for hydroxylation is 1. The zero-order valence-electron chi connectivity index (χ0n) is 13.6. The maximum absolute atomic E-state index is 12.6. The second kappa shape index (κ2) is 6.55. The first-order valence-corrected chi connectivity index (χ1v) is 7.33. The van der Waals surface area contributed by atoms with E-state index in [0.29, 0.717) is 5.69 Å². The molecule has 0 unspecified atom stereocenters. The first-order chi connectivity index (χ1) is 11.1. The lowest BCUT2D eigenvalue weighted by Crippen LogP contribution is -2.35. The second-order valence-corrected chi connectivity index (χ2v) is 5.97. The maximum Gasteiger partial charge on any atom is 0.573 e. The van der Waals surface area contributed by atoms with Crippen molar-refractivity contribution < 1.29 is 22.7 Å². The van der Waals surface area contributed by atoms with E-state index in [-0.39, 0.29) is 11.7 Å². The molecule has 0 aliphatic rings. The van der Waals surface area contributed by atoms with Crippen LogP contribution in [0.2, 0.25) is 0 Å². The third-order valence-corrected chi connectivity index (χ3v) is 3.73. The van der Waals surface area contributed by atoms with Crippen LogP contribution in [-0.4, -0.2) is 12.3 Å². The number of carbonyl (C=O) groups excluding carboxylic acids is 1. The molecule has 2 aromatic rings. The molecular formula is C18H18F3NO2. The molecule has 0 spiro atoms. The smallest absolute Gasteiger partial charge is 0.406 e. The number of anilines is 1. The molecule has 2 aromatic carbocycles. The van der Waals surface area contributed by atoms with Gasteiger partial charge in [0.25, 0.3) is 0 Å². The number of halogens is 3. The molecule has 0 aliphatic heterocycles. The molecule has 2 rings (SSSR count). The van der Waals surface area contributed by atoms with Crippen LogP contribution < -0.4 is 10.1 Å². The van der Waals surface area contributed by atoms with Gasteiger partial charge in [-0.15, -0.1) is 13.2 Å². The van der Waals surface area contributed by atoms with Gasteiger partial charge in [0.1, 0.15) is 5.75 Å². The van der Waals surface area contributed by atoms with Crippen LogP contribution in [0, 0.1) is 6.92 Å². The number of rotatable bonds is 4. The Bertz CT molecular complexity index is 722. The van der Waals surface area contributed by atoms with Crippen molar-refractivity contribution in [2.45, 2.75) is 32.5 Å². The van der Waals surface area contributed by atoms with Crippen LogP contribution in [0.15, 0.2) is 48.5 Å². The fourth-order valence-corrected chi connectivity index (χ4v) is 2.42. The number of hydrogen-bond donors (Lipinski definition) is 1. The zero-order chi connectivity index (χ0) is 18.0. The molecule has 1 amide bonds. The molecule has 0 aromatic heterocycles. The number of amides is 1. The third kappa shape index (κ3) is 4.28. The predicted molar refractivity (Wildman–Crippen MR) is 86.0 cm³/mol. The van der Waals surface area contributed by atoms with Gasteiger partial charge in [-0.25, -0.2) is 0 Å². The first-order valence-electron chi connectivity index (χ1n) is 7.33. The minimum atomic E-state index is -4.74. The summed E-state index contributed by atoms with van der Waals surface area (Å²) >= 11 is 0. The fourth-order valence-electron chi connectivity index (χ4n) is 2.42. The van der Waals surface area contributed by atoms with Gasteiger partial charge >= 0.3 is 6.36 Å². The molecule has 0 saturated heterocycles. The molecule has 1 N–H and O–H groups in total. The van der Waals surface area contributed by atoms with E-state index in [9.17, 15) is 18.0 Å². The Morgan fingerprint density at radius 1 is 1.00 bits per heavy atom. The van der Waals surface area contributed by atoms with E-state index in [1.54, 1.807) is 13.8 Å². The van der Waals surface area contributed by atoms with Gasteiger partial charge in [-0.1, -0.05) is 24.3 Å². The van der Waals surface area contributed by atoms with Crippen LogP contribution in [0.3, 0.4) is 0 Å². The molecule has 3 nitrogen and oxygen atoms in total. The molecule has 0 bridgehead atoms. The fraction of sp³-hybridized carbons (Fsp3) is 0.278. The van der Waals surface area contributed by atoms with Gasteiger partial charge in [-0.2, -0.15) is 0 Å². The largest absolute Gasteiger partial charge is 0.573 e. The van der Waals surface area contributed by atoms with Crippen molar-refractivity contribution in [3.63, 3.8) is 0 Å². The molecular weight excluding hydrogens is 319 g/mol. The summed E-state index contributed by atoms with van der Waals surface area (Å²) in [4.78, 5) is 12.6. The molecule has 0 aliphatic carbocycles. The molecule has 128 valence electrons. The highest BCUT2D eigenvalue weighted by Gasteiger charge is 2.32. The number of carbonyl (C=O) groups is 1. The molecule has 0 fully saturated rings. The average Bonchev–Trinajstić information content (AvgIpc) is 2.48. The van der Waals surface area contributed by atoms with E-state index < -0.39 is 11.8 Å². The molecule has 0 heterocycles. The third-order valence-electron chi connectivity index (χ3n) is 3.73. The lowest BCUT2D eigenvalue weighted by atomic mass is 9.81. The Morgan fingerprint density at radius 2 is 1.58 bits per heavy atom. The minimum absolute atomic E-state index is 0.249. The van der Waals surface area contributed by atoms with Crippen molar-refractivity contribution >= 4 is 11.6 Å². The number of benzene rings is 2. The highest BCUT2D eigenvalue weighted by molar-refractivity contribution is 5.98. The van der Waals surface area contributed by atoms with Crippen molar-refractivity contribution in [1.29, 1.82) is 0 Å². The number of ether oxygens (including phenoxy) is 1. The van der Waals surface area contributed by atoms with Gasteiger partial charge < -0.3 is 10.1 Å². The zero-order valence-corrected chi connectivity index (χ0v) is 13.6. The summed E-state index contributed by atoms with van der Waals surface area (Å²) in [7, 11) is 0. The maximum atomic E-state index is 12.6. The van der Waals surface area contributed by atoms with Gasteiger partial charge in [0.15, 0.2) is 0 Å². The van der Waals surface area contributed by atoms with Crippen molar-refractivity contribution in [2.75, 3.05) is 5.32 Å². The summed E-state index contributed by atoms with van der Waals surface area (Å²) in [5, 5.41) is 2.72. The molecule has 6 heteroatoms. The molecule has 0 atom stereocenters. The molecule has 0 radical (unpaired) electrons. The predicted octanol–water partition coefficient (Wildman–Crippen LogP) is 4.81. The topological polar surface area (TPSA) is 38.3 Å². The van der Waals surface area contributed by atoms with Crippen LogP contribution in [0.25, 0.3) is 0 Å². The SMILES string of the molecule is Cc1ccccc1C(C)(C)C(=O)Nc1ccc(OC(F)(F)F)cc1. The monoisotopic (exact) mass is 337 g/mol. The van der Waals surface area contributed by atoms with Crippen molar-refractivity contribution in [2.24, 2.45) is 0 Å². The Labute approximate surface area is 138 Å². The lowest BCUT2D eigenvalue weighted by Gasteiger charge is -2.26. The lowest BCUT2D eigenvalue weighted by molar-refractivity contribution is -0.274. The van der Waals surface area contributed by atoms with E-state index in [4.69, 9.17) is 0 Å². The summed E-state index contributed by atoms with van der Waals surface area (Å²) in [6, 6.07) is 12.6. The van der Waals surface area contributed by atoms with Crippen LogP contribution in [-0.2, 0) is 10.2 Å². The summed E-state index contributed by atoms with van der Waals surface area (Å²) in [5.74, 6) is -0.583. The van der Waals surface area contributed by atoms with E-state index in [1.807, 2.05) is 31.2 Å². The number of alkyl halides is 3. The Balaban J connectivity index is 2.13. The van der Waals surface area contributed by atoms with E-state index >= 15 is 0 Å². The van der Waals surface area contributed by atoms with Crippen molar-refractivity contribution in [1.82, 2.24) is 0 Å². The summed E-state index contributed by atoms with van der Waals surface area (Å²) < 4.78 is 40.2. The van der Waals surface area contributed by atoms with E-state index in [1.165, 1.54) is 12.1 Å². The first kappa shape index (κ1) is 17.8. The molecule has 24 heavy (non-hydrogen) atoms. The number of nitrogens with one attached hydrogen (secondary N) is 1. The van der Waals surface area contributed by atoms with E-state index in [0.717, 1.165) is 23.3 Å². The Hall–Kier alpha value is -2.50. The van der Waals surface area contributed by atoms with Gasteiger partial charge in [0.05, 0.1) is 5.41 Å². The minimum Gasteiger partial charge on any atom is -0.406 e. The van der Waals surface area contributed by atoms with Crippen molar-refractivity contribution in [3.05, 3.63) is 59.7 Å². The molecule has 0 saturated carbocycles. The van der Waals surface area contributed by atoms with Gasteiger partial charge in [0, 0.05) is 5.69 Å². The van der Waals surface area contributed by atoms with Gasteiger partial charge in [-0.3, -0.25) is 4.79 Å². The standard InChI is InChI=1S/C18H18F3NO2/c1-12-6-4-5-7-15(12)17(2,3)16(23)22-13-8-10-14(11-9-13)24-18(19,20)21/h4-11H,1-3H3,(H,22,23). The summed E-state index contributed by atoms with van der Waals surface area (Å²) in [5.41, 5.74) is 1.49. The normalized spacial score (nSPS) is 11.9. The summed E-state index contributed by atoms with van der Waals surface area (Å²) in [6.45, 7) is 5.52. The quantitative estimate of drug-likeness (QED) is 0.869. The van der Waals surface area contributed by atoms with Crippen LogP contribution in [0.4, 0.5) is 18.9 Å². The van der Waals surface area contributed by atoms with Crippen LogP contribution in [0.1, 0.15) is 25.0 Å². The second-order valence-electron chi connectivity index (χ2n) is 5.97. The summed E-state index contributed by atoms with van der Waals surface area (Å²) in [6.07, 6.45) is -4.74. The average molecular weight is 337 g/mol. The highest BCUT2D eigenvalue weighted by Crippen LogP contribution is 2.29. The number of hydrogen-bond acceptors (Lipinski definition) is 2. The highest BCUT2D eigenvalue weighted by atomic mass is 19.4. The van der Waals surface area contributed by atoms with Crippen LogP contribution in [0.5, 0.6) is 5.75 Å². The van der Waals surface area contributed by atoms with Gasteiger partial charge in [-0.05, 0) is 56.2 Å². The van der Waals surface area contributed by atoms with Crippen molar-refractivity contribution in [3.8, 4) is 5.75 Å². The van der Waals surface area contributed by atoms with Gasteiger partial charge in [0.2, 0.25) is 5.91 Å². The van der Waals surface area contributed by atoms with E-state index in [2.05, 4.69) is 10.1 Å². The Morgan fingerprint density at radius 3 is 2.12 bits per heavy atom.